The Balaban J connectivity index is 0.000000885. The van der Waals surface area contributed by atoms with Crippen molar-refractivity contribution < 1.29 is 4.79 Å². The van der Waals surface area contributed by atoms with Crippen molar-refractivity contribution in [3.8, 4) is 0 Å². The zero-order valence-electron chi connectivity index (χ0n) is 14.5. The van der Waals surface area contributed by atoms with E-state index in [2.05, 4.69) is 24.6 Å². The molecule has 0 radical (unpaired) electrons. The molecule has 0 N–H and O–H groups in total. The maximum atomic E-state index is 9.44. The second kappa shape index (κ2) is 14.3. The molecule has 0 spiro atoms. The Morgan fingerprint density at radius 2 is 1.19 bits per heavy atom. The molecular formula is C19H34OS. The highest BCUT2D eigenvalue weighted by molar-refractivity contribution is 7.08. The third kappa shape index (κ3) is 12.8. The van der Waals surface area contributed by atoms with E-state index >= 15 is 0 Å². The number of hydrogen-bond acceptors (Lipinski definition) is 2. The van der Waals surface area contributed by atoms with Gasteiger partial charge < -0.3 is 4.79 Å². The molecule has 0 bridgehead atoms. The highest BCUT2D eigenvalue weighted by Crippen LogP contribution is 2.20. The standard InChI is InChI=1S/C16H28S.C3H6O/c1-3-5-7-9-11-15-13-17-14-16(15)12-10-8-6-4-2;1-3(2)4/h13-14H,3-12H2,1-2H3;1-2H3. The number of rotatable bonds is 10. The highest BCUT2D eigenvalue weighted by atomic mass is 32.1. The van der Waals surface area contributed by atoms with Gasteiger partial charge in [0.05, 0.1) is 0 Å². The molecule has 0 amide bonds. The molecule has 1 aromatic heterocycles. The molecule has 0 atom stereocenters. The normalized spacial score (nSPS) is 10.1. The third-order valence-electron chi connectivity index (χ3n) is 3.43. The van der Waals surface area contributed by atoms with Crippen LogP contribution in [0.25, 0.3) is 0 Å². The van der Waals surface area contributed by atoms with Crippen LogP contribution in [0, 0.1) is 0 Å². The van der Waals surface area contributed by atoms with Crippen LogP contribution in [0.3, 0.4) is 0 Å². The fourth-order valence-electron chi connectivity index (χ4n) is 2.27. The molecule has 1 nitrogen and oxygen atoms in total. The molecule has 0 aliphatic carbocycles. The summed E-state index contributed by atoms with van der Waals surface area (Å²) < 4.78 is 0. The maximum Gasteiger partial charge on any atom is 0.126 e. The van der Waals surface area contributed by atoms with E-state index in [4.69, 9.17) is 0 Å². The number of hydrogen-bond donors (Lipinski definition) is 0. The molecule has 0 fully saturated rings. The van der Waals surface area contributed by atoms with Crippen LogP contribution in [-0.4, -0.2) is 5.78 Å². The minimum Gasteiger partial charge on any atom is -0.300 e. The van der Waals surface area contributed by atoms with Crippen LogP contribution in [0.1, 0.15) is 90.2 Å². The van der Waals surface area contributed by atoms with Crippen molar-refractivity contribution in [2.45, 2.75) is 91.9 Å². The first kappa shape index (κ1) is 20.4. The van der Waals surface area contributed by atoms with Gasteiger partial charge in [-0.15, -0.1) is 0 Å². The van der Waals surface area contributed by atoms with Crippen molar-refractivity contribution in [3.05, 3.63) is 21.9 Å². The van der Waals surface area contributed by atoms with E-state index in [0.717, 1.165) is 0 Å². The maximum absolute atomic E-state index is 9.44. The summed E-state index contributed by atoms with van der Waals surface area (Å²) in [6, 6.07) is 0. The Kier molecular flexibility index (Phi) is 13.9. The average Bonchev–Trinajstić information content (AvgIpc) is 2.87. The summed E-state index contributed by atoms with van der Waals surface area (Å²) in [6.45, 7) is 7.62. The second-order valence-electron chi connectivity index (χ2n) is 5.95. The highest BCUT2D eigenvalue weighted by Gasteiger charge is 2.03. The lowest BCUT2D eigenvalue weighted by Gasteiger charge is -2.04. The van der Waals surface area contributed by atoms with Crippen LogP contribution >= 0.6 is 11.3 Å². The van der Waals surface area contributed by atoms with Crippen LogP contribution < -0.4 is 0 Å². The van der Waals surface area contributed by atoms with Gasteiger partial charge in [-0.25, -0.2) is 0 Å². The number of carbonyl (C=O) groups is 1. The summed E-state index contributed by atoms with van der Waals surface area (Å²) in [5.41, 5.74) is 3.28. The Morgan fingerprint density at radius 1 is 0.810 bits per heavy atom. The van der Waals surface area contributed by atoms with E-state index in [-0.39, 0.29) is 5.78 Å². The summed E-state index contributed by atoms with van der Waals surface area (Å²) in [4.78, 5) is 9.44. The molecule has 122 valence electrons. The van der Waals surface area contributed by atoms with E-state index in [9.17, 15) is 4.79 Å². The zero-order valence-corrected chi connectivity index (χ0v) is 15.4. The molecule has 0 saturated carbocycles. The van der Waals surface area contributed by atoms with Crippen molar-refractivity contribution >= 4 is 17.1 Å². The Morgan fingerprint density at radius 3 is 1.52 bits per heavy atom. The van der Waals surface area contributed by atoms with Crippen molar-refractivity contribution in [1.82, 2.24) is 0 Å². The number of unbranched alkanes of at least 4 members (excludes halogenated alkanes) is 6. The Bertz CT molecular complexity index is 324. The van der Waals surface area contributed by atoms with Gasteiger partial charge in [0.25, 0.3) is 0 Å². The number of ketones is 1. The van der Waals surface area contributed by atoms with E-state index in [1.807, 2.05) is 11.3 Å². The lowest BCUT2D eigenvalue weighted by Crippen LogP contribution is -1.91. The first-order valence-electron chi connectivity index (χ1n) is 8.62. The van der Waals surface area contributed by atoms with Crippen molar-refractivity contribution in [2.24, 2.45) is 0 Å². The molecule has 2 heteroatoms. The van der Waals surface area contributed by atoms with E-state index in [1.54, 1.807) is 11.1 Å². The lowest BCUT2D eigenvalue weighted by atomic mass is 10.0. The largest absolute Gasteiger partial charge is 0.300 e. The monoisotopic (exact) mass is 310 g/mol. The summed E-state index contributed by atoms with van der Waals surface area (Å²) >= 11 is 1.89. The van der Waals surface area contributed by atoms with Crippen LogP contribution in [-0.2, 0) is 17.6 Å². The Hall–Kier alpha value is -0.630. The van der Waals surface area contributed by atoms with Crippen molar-refractivity contribution in [3.63, 3.8) is 0 Å². The van der Waals surface area contributed by atoms with E-state index in [0.29, 0.717) is 0 Å². The SMILES string of the molecule is CC(C)=O.CCCCCCc1cscc1CCCCCC. The summed E-state index contributed by atoms with van der Waals surface area (Å²) in [7, 11) is 0. The van der Waals surface area contributed by atoms with Crippen LogP contribution in [0.5, 0.6) is 0 Å². The van der Waals surface area contributed by atoms with Gasteiger partial charge in [-0.3, -0.25) is 0 Å². The molecule has 0 saturated heterocycles. The molecule has 0 aromatic carbocycles. The van der Waals surface area contributed by atoms with Gasteiger partial charge >= 0.3 is 0 Å². The van der Waals surface area contributed by atoms with Gasteiger partial charge in [-0.1, -0.05) is 52.4 Å². The first-order chi connectivity index (χ1) is 10.1. The number of Topliss-reactive ketones (excluding diaryl/α,β-unsaturated/α-hetero) is 1. The minimum atomic E-state index is 0.167. The molecule has 0 aliphatic heterocycles. The van der Waals surface area contributed by atoms with Gasteiger partial charge in [-0.05, 0) is 61.4 Å². The van der Waals surface area contributed by atoms with Gasteiger partial charge in [0.15, 0.2) is 0 Å². The topological polar surface area (TPSA) is 17.1 Å². The summed E-state index contributed by atoms with van der Waals surface area (Å²) in [5, 5.41) is 4.75. The minimum absolute atomic E-state index is 0.167. The smallest absolute Gasteiger partial charge is 0.126 e. The van der Waals surface area contributed by atoms with Crippen LogP contribution in [0.4, 0.5) is 0 Å². The molecule has 0 unspecified atom stereocenters. The van der Waals surface area contributed by atoms with Crippen molar-refractivity contribution in [1.29, 1.82) is 0 Å². The van der Waals surface area contributed by atoms with E-state index in [1.165, 1.54) is 78.1 Å². The Labute approximate surface area is 136 Å². The molecule has 1 aromatic rings. The van der Waals surface area contributed by atoms with Gasteiger partial charge in [0.2, 0.25) is 0 Å². The molecule has 1 rings (SSSR count). The number of carbonyl (C=O) groups excluding carboxylic acids is 1. The van der Waals surface area contributed by atoms with Crippen LogP contribution in [0.15, 0.2) is 10.8 Å². The molecular weight excluding hydrogens is 276 g/mol. The molecule has 0 aliphatic rings. The fraction of sp³-hybridized carbons (Fsp3) is 0.737. The summed E-state index contributed by atoms with van der Waals surface area (Å²) in [6.07, 6.45) is 13.7. The van der Waals surface area contributed by atoms with Crippen molar-refractivity contribution in [2.75, 3.05) is 0 Å². The fourth-order valence-corrected chi connectivity index (χ4v) is 3.21. The number of aryl methyl sites for hydroxylation is 2. The predicted molar refractivity (Wildman–Crippen MR) is 96.4 cm³/mol. The average molecular weight is 311 g/mol. The van der Waals surface area contributed by atoms with Crippen LogP contribution in [0.2, 0.25) is 0 Å². The lowest BCUT2D eigenvalue weighted by molar-refractivity contribution is -0.114. The quantitative estimate of drug-likeness (QED) is 0.445. The third-order valence-corrected chi connectivity index (χ3v) is 4.27. The van der Waals surface area contributed by atoms with E-state index < -0.39 is 0 Å². The number of thiophene rings is 1. The summed E-state index contributed by atoms with van der Waals surface area (Å²) in [5.74, 6) is 0.167. The van der Waals surface area contributed by atoms with Gasteiger partial charge in [0.1, 0.15) is 5.78 Å². The molecule has 1 heterocycles. The zero-order chi connectivity index (χ0) is 15.9. The predicted octanol–water partition coefficient (Wildman–Crippen LogP) is 6.59. The second-order valence-corrected chi connectivity index (χ2v) is 6.70. The van der Waals surface area contributed by atoms with Gasteiger partial charge in [-0.2, -0.15) is 11.3 Å². The van der Waals surface area contributed by atoms with Gasteiger partial charge in [0, 0.05) is 0 Å². The first-order valence-corrected chi connectivity index (χ1v) is 9.57. The molecule has 21 heavy (non-hydrogen) atoms.